The average molecular weight is 432 g/mol. The Hall–Kier alpha value is -2.20. The molecule has 1 aliphatic rings. The second-order valence-electron chi connectivity index (χ2n) is 7.44. The number of piperidine rings is 1. The number of hydrogen-bond donors (Lipinski definition) is 1. The number of carbonyl (C=O) groups is 1. The van der Waals surface area contributed by atoms with Gasteiger partial charge in [-0.05, 0) is 50.8 Å². The SMILES string of the molecule is CC(=O)N1CCC(CCn2c(Sc3nc(C)c(C)s3)nc3c(N)ncnc32)CC1. The number of thiazole rings is 1. The van der Waals surface area contributed by atoms with E-state index in [4.69, 9.17) is 10.7 Å². The number of nitrogen functional groups attached to an aromatic ring is 1. The number of likely N-dealkylation sites (tertiary alicyclic amines) is 1. The fourth-order valence-corrected chi connectivity index (χ4v) is 5.79. The highest BCUT2D eigenvalue weighted by Crippen LogP contribution is 2.35. The summed E-state index contributed by atoms with van der Waals surface area (Å²) < 4.78 is 3.11. The minimum absolute atomic E-state index is 0.170. The Balaban J connectivity index is 1.55. The maximum atomic E-state index is 11.6. The highest BCUT2D eigenvalue weighted by atomic mass is 32.2. The Kier molecular flexibility index (Phi) is 5.73. The number of amides is 1. The zero-order valence-corrected chi connectivity index (χ0v) is 18.5. The minimum Gasteiger partial charge on any atom is -0.382 e. The third kappa shape index (κ3) is 4.23. The van der Waals surface area contributed by atoms with E-state index < -0.39 is 0 Å². The van der Waals surface area contributed by atoms with Crippen LogP contribution >= 0.6 is 23.1 Å². The number of rotatable bonds is 5. The van der Waals surface area contributed by atoms with Gasteiger partial charge in [0, 0.05) is 31.4 Å². The molecule has 2 N–H and O–H groups in total. The Labute approximate surface area is 178 Å². The van der Waals surface area contributed by atoms with Gasteiger partial charge in [-0.25, -0.2) is 19.9 Å². The number of nitrogens with zero attached hydrogens (tertiary/aromatic N) is 6. The maximum Gasteiger partial charge on any atom is 0.219 e. The largest absolute Gasteiger partial charge is 0.382 e. The van der Waals surface area contributed by atoms with Gasteiger partial charge in [-0.3, -0.25) is 4.79 Å². The molecule has 0 unspecified atom stereocenters. The summed E-state index contributed by atoms with van der Waals surface area (Å²) in [6.07, 6.45) is 4.59. The first kappa shape index (κ1) is 20.1. The quantitative estimate of drug-likeness (QED) is 0.661. The van der Waals surface area contributed by atoms with Gasteiger partial charge < -0.3 is 15.2 Å². The monoisotopic (exact) mass is 431 g/mol. The van der Waals surface area contributed by atoms with Gasteiger partial charge >= 0.3 is 0 Å². The van der Waals surface area contributed by atoms with Gasteiger partial charge in [0.1, 0.15) is 6.33 Å². The van der Waals surface area contributed by atoms with Gasteiger partial charge in [0.25, 0.3) is 0 Å². The molecule has 0 aliphatic carbocycles. The maximum absolute atomic E-state index is 11.6. The third-order valence-electron chi connectivity index (χ3n) is 5.53. The number of anilines is 1. The minimum atomic E-state index is 0.170. The first-order chi connectivity index (χ1) is 13.9. The van der Waals surface area contributed by atoms with E-state index in [2.05, 4.69) is 26.4 Å². The fraction of sp³-hybridized carbons (Fsp3) is 0.526. The summed E-state index contributed by atoms with van der Waals surface area (Å²) in [6.45, 7) is 8.25. The van der Waals surface area contributed by atoms with Crippen LogP contribution < -0.4 is 5.73 Å². The first-order valence-corrected chi connectivity index (χ1v) is 11.4. The number of carbonyl (C=O) groups excluding carboxylic acids is 1. The van der Waals surface area contributed by atoms with Crippen LogP contribution in [0, 0.1) is 19.8 Å². The van der Waals surface area contributed by atoms with Crippen molar-refractivity contribution in [3.63, 3.8) is 0 Å². The summed E-state index contributed by atoms with van der Waals surface area (Å²) in [4.78, 5) is 32.6. The predicted molar refractivity (Wildman–Crippen MR) is 115 cm³/mol. The second kappa shape index (κ2) is 8.27. The van der Waals surface area contributed by atoms with Crippen LogP contribution in [0.5, 0.6) is 0 Å². The van der Waals surface area contributed by atoms with Crippen molar-refractivity contribution >= 4 is 46.0 Å². The fourth-order valence-electron chi connectivity index (χ4n) is 3.63. The van der Waals surface area contributed by atoms with E-state index in [0.29, 0.717) is 17.3 Å². The average Bonchev–Trinajstić information content (AvgIpc) is 3.20. The van der Waals surface area contributed by atoms with Crippen molar-refractivity contribution in [2.75, 3.05) is 18.8 Å². The topological polar surface area (TPSA) is 103 Å². The lowest BCUT2D eigenvalue weighted by Crippen LogP contribution is -2.37. The Bertz CT molecular complexity index is 1020. The molecular weight excluding hydrogens is 406 g/mol. The number of fused-ring (bicyclic) bond motifs is 1. The van der Waals surface area contributed by atoms with Crippen LogP contribution in [0.2, 0.25) is 0 Å². The molecule has 1 amide bonds. The standard InChI is InChI=1S/C19H25N7OS2/c1-11-12(2)28-19(23-11)29-18-24-15-16(20)21-10-22-17(15)26(18)9-6-14-4-7-25(8-5-14)13(3)27/h10,14H,4-9H2,1-3H3,(H2,20,21,22). The zero-order chi connectivity index (χ0) is 20.5. The van der Waals surface area contributed by atoms with Crippen molar-refractivity contribution in [3.05, 3.63) is 16.9 Å². The summed E-state index contributed by atoms with van der Waals surface area (Å²) in [5.41, 5.74) is 8.52. The molecule has 4 heterocycles. The lowest BCUT2D eigenvalue weighted by molar-refractivity contribution is -0.130. The first-order valence-electron chi connectivity index (χ1n) is 9.76. The van der Waals surface area contributed by atoms with Gasteiger partial charge in [-0.2, -0.15) is 0 Å². The molecule has 0 atom stereocenters. The van der Waals surface area contributed by atoms with Crippen molar-refractivity contribution in [2.45, 2.75) is 56.1 Å². The van der Waals surface area contributed by atoms with Crippen molar-refractivity contribution < 1.29 is 4.79 Å². The molecule has 10 heteroatoms. The molecule has 1 fully saturated rings. The van der Waals surface area contributed by atoms with Crippen LogP contribution in [0.15, 0.2) is 15.8 Å². The van der Waals surface area contributed by atoms with Crippen molar-refractivity contribution in [2.24, 2.45) is 5.92 Å². The van der Waals surface area contributed by atoms with Crippen LogP contribution in [-0.2, 0) is 11.3 Å². The van der Waals surface area contributed by atoms with Crippen molar-refractivity contribution in [3.8, 4) is 0 Å². The molecule has 0 spiro atoms. The molecule has 3 aromatic heterocycles. The third-order valence-corrected chi connectivity index (χ3v) is 7.66. The van der Waals surface area contributed by atoms with E-state index in [-0.39, 0.29) is 5.91 Å². The molecule has 8 nitrogen and oxygen atoms in total. The van der Waals surface area contributed by atoms with E-state index in [0.717, 1.165) is 59.7 Å². The molecule has 1 aliphatic heterocycles. The van der Waals surface area contributed by atoms with Crippen LogP contribution in [0.4, 0.5) is 5.82 Å². The molecule has 0 aromatic carbocycles. The summed E-state index contributed by atoms with van der Waals surface area (Å²) in [6, 6.07) is 0. The number of aryl methyl sites for hydroxylation is 3. The van der Waals surface area contributed by atoms with E-state index in [1.54, 1.807) is 30.0 Å². The van der Waals surface area contributed by atoms with Crippen molar-refractivity contribution in [1.29, 1.82) is 0 Å². The van der Waals surface area contributed by atoms with Gasteiger partial charge in [-0.15, -0.1) is 11.3 Å². The van der Waals surface area contributed by atoms with Gasteiger partial charge in [0.05, 0.1) is 5.69 Å². The number of aromatic nitrogens is 5. The molecule has 4 rings (SSSR count). The summed E-state index contributed by atoms with van der Waals surface area (Å²) >= 11 is 3.23. The molecule has 0 saturated carbocycles. The molecule has 0 bridgehead atoms. The highest BCUT2D eigenvalue weighted by Gasteiger charge is 2.23. The number of hydrogen-bond acceptors (Lipinski definition) is 8. The predicted octanol–water partition coefficient (Wildman–Crippen LogP) is 3.28. The normalized spacial score (nSPS) is 15.3. The molecule has 1 saturated heterocycles. The van der Waals surface area contributed by atoms with Crippen molar-refractivity contribution in [1.82, 2.24) is 29.4 Å². The molecule has 29 heavy (non-hydrogen) atoms. The molecule has 0 radical (unpaired) electrons. The van der Waals surface area contributed by atoms with Gasteiger partial charge in [0.2, 0.25) is 5.91 Å². The summed E-state index contributed by atoms with van der Waals surface area (Å²) in [5.74, 6) is 1.16. The summed E-state index contributed by atoms with van der Waals surface area (Å²) in [7, 11) is 0. The van der Waals surface area contributed by atoms with Crippen LogP contribution in [0.1, 0.15) is 36.8 Å². The van der Waals surface area contributed by atoms with Crippen LogP contribution in [-0.4, -0.2) is 48.4 Å². The second-order valence-corrected chi connectivity index (χ2v) is 9.86. The lowest BCUT2D eigenvalue weighted by Gasteiger charge is -2.31. The van der Waals surface area contributed by atoms with E-state index in [9.17, 15) is 4.79 Å². The van der Waals surface area contributed by atoms with Gasteiger partial charge in [0.15, 0.2) is 26.5 Å². The van der Waals surface area contributed by atoms with Crippen LogP contribution in [0.3, 0.4) is 0 Å². The van der Waals surface area contributed by atoms with E-state index in [1.807, 2.05) is 11.8 Å². The molecule has 154 valence electrons. The Morgan fingerprint density at radius 1 is 1.28 bits per heavy atom. The van der Waals surface area contributed by atoms with Crippen LogP contribution in [0.25, 0.3) is 11.2 Å². The Morgan fingerprint density at radius 3 is 2.69 bits per heavy atom. The Morgan fingerprint density at radius 2 is 2.03 bits per heavy atom. The number of nitrogens with two attached hydrogens (primary N) is 1. The lowest BCUT2D eigenvalue weighted by atomic mass is 9.93. The summed E-state index contributed by atoms with van der Waals surface area (Å²) in [5, 5.41) is 0.849. The van der Waals surface area contributed by atoms with E-state index in [1.165, 1.54) is 11.2 Å². The highest BCUT2D eigenvalue weighted by molar-refractivity contribution is 8.00. The van der Waals surface area contributed by atoms with Gasteiger partial charge in [-0.1, -0.05) is 0 Å². The zero-order valence-electron chi connectivity index (χ0n) is 16.9. The van der Waals surface area contributed by atoms with E-state index >= 15 is 0 Å². The smallest absolute Gasteiger partial charge is 0.219 e. The molecular formula is C19H25N7OS2. The number of imidazole rings is 1. The molecule has 3 aromatic rings.